The average molecular weight is 231 g/mol. The Morgan fingerprint density at radius 1 is 1.60 bits per heavy atom. The first-order valence-corrected chi connectivity index (χ1v) is 4.59. The Balaban J connectivity index is 3.15. The quantitative estimate of drug-likeness (QED) is 0.592. The van der Waals surface area contributed by atoms with Gasteiger partial charge in [-0.25, -0.2) is 9.18 Å². The average Bonchev–Trinajstić information content (AvgIpc) is 2.21. The molecule has 5 heteroatoms. The van der Waals surface area contributed by atoms with Crippen molar-refractivity contribution >= 4 is 23.9 Å². The summed E-state index contributed by atoms with van der Waals surface area (Å²) in [5.74, 6) is -1.62. The van der Waals surface area contributed by atoms with Crippen LogP contribution in [0.2, 0.25) is 5.02 Å². The summed E-state index contributed by atoms with van der Waals surface area (Å²) >= 11 is 5.64. The van der Waals surface area contributed by atoms with Crippen LogP contribution in [0.3, 0.4) is 0 Å². The van der Waals surface area contributed by atoms with Crippen LogP contribution in [0.1, 0.15) is 27.6 Å². The third-order valence-corrected chi connectivity index (χ3v) is 2.04. The fourth-order valence-electron chi connectivity index (χ4n) is 1.02. The third-order valence-electron chi connectivity index (χ3n) is 1.71. The first-order chi connectivity index (χ1) is 7.10. The summed E-state index contributed by atoms with van der Waals surface area (Å²) in [6, 6.07) is 1.99. The Morgan fingerprint density at radius 3 is 2.80 bits per heavy atom. The fraction of sp³-hybridized carbons (Fsp3) is 0.200. The minimum absolute atomic E-state index is 0.00205. The van der Waals surface area contributed by atoms with E-state index in [2.05, 4.69) is 4.74 Å². The summed E-state index contributed by atoms with van der Waals surface area (Å²) in [7, 11) is 0. The van der Waals surface area contributed by atoms with Gasteiger partial charge in [-0.15, -0.1) is 0 Å². The van der Waals surface area contributed by atoms with Crippen LogP contribution < -0.4 is 0 Å². The minimum atomic E-state index is -0.819. The van der Waals surface area contributed by atoms with Gasteiger partial charge in [0.1, 0.15) is 5.82 Å². The number of carbonyl (C=O) groups excluding carboxylic acids is 2. The van der Waals surface area contributed by atoms with Gasteiger partial charge in [-0.05, 0) is 19.1 Å². The highest BCUT2D eigenvalue weighted by atomic mass is 35.5. The zero-order chi connectivity index (χ0) is 11.4. The Kier molecular flexibility index (Phi) is 3.80. The maximum Gasteiger partial charge on any atom is 0.341 e. The zero-order valence-corrected chi connectivity index (χ0v) is 8.68. The third kappa shape index (κ3) is 2.53. The number of hydrogen-bond acceptors (Lipinski definition) is 3. The van der Waals surface area contributed by atoms with Crippen LogP contribution in [0.15, 0.2) is 12.1 Å². The fourth-order valence-corrected chi connectivity index (χ4v) is 1.23. The topological polar surface area (TPSA) is 43.4 Å². The number of benzene rings is 1. The molecule has 0 saturated carbocycles. The summed E-state index contributed by atoms with van der Waals surface area (Å²) in [6.45, 7) is 1.75. The van der Waals surface area contributed by atoms with Crippen LogP contribution in [-0.4, -0.2) is 18.9 Å². The van der Waals surface area contributed by atoms with Gasteiger partial charge in [-0.1, -0.05) is 11.6 Å². The summed E-state index contributed by atoms with van der Waals surface area (Å²) in [5.41, 5.74) is -0.269. The molecule has 1 rings (SSSR count). The standard InChI is InChI=1S/C10H8ClFO3/c1-2-15-10(14)7-4-8(11)6(5-13)3-9(7)12/h3-5H,2H2,1H3. The van der Waals surface area contributed by atoms with Crippen molar-refractivity contribution in [3.05, 3.63) is 34.1 Å². The molecule has 80 valence electrons. The molecule has 0 radical (unpaired) electrons. The summed E-state index contributed by atoms with van der Waals surface area (Å²) < 4.78 is 17.9. The lowest BCUT2D eigenvalue weighted by atomic mass is 10.1. The van der Waals surface area contributed by atoms with Crippen molar-refractivity contribution in [1.29, 1.82) is 0 Å². The first kappa shape index (κ1) is 11.7. The molecular weight excluding hydrogens is 223 g/mol. The van der Waals surface area contributed by atoms with Crippen LogP contribution in [0.4, 0.5) is 4.39 Å². The molecule has 0 N–H and O–H groups in total. The minimum Gasteiger partial charge on any atom is -0.462 e. The lowest BCUT2D eigenvalue weighted by Crippen LogP contribution is -2.07. The van der Waals surface area contributed by atoms with Gasteiger partial charge in [0, 0.05) is 5.56 Å². The molecule has 0 unspecified atom stereocenters. The van der Waals surface area contributed by atoms with Crippen molar-refractivity contribution in [2.75, 3.05) is 6.61 Å². The van der Waals surface area contributed by atoms with Gasteiger partial charge >= 0.3 is 5.97 Å². The Bertz CT molecular complexity index is 404. The summed E-state index contributed by atoms with van der Waals surface area (Å²) in [5, 5.41) is 0.0226. The van der Waals surface area contributed by atoms with E-state index in [1.807, 2.05) is 0 Å². The van der Waals surface area contributed by atoms with E-state index in [1.165, 1.54) is 0 Å². The Hall–Kier alpha value is -1.42. The molecule has 0 aliphatic heterocycles. The molecule has 0 aliphatic carbocycles. The van der Waals surface area contributed by atoms with E-state index < -0.39 is 11.8 Å². The lowest BCUT2D eigenvalue weighted by molar-refractivity contribution is 0.0521. The van der Waals surface area contributed by atoms with E-state index in [4.69, 9.17) is 11.6 Å². The molecule has 0 saturated heterocycles. The van der Waals surface area contributed by atoms with Crippen LogP contribution in [0.5, 0.6) is 0 Å². The van der Waals surface area contributed by atoms with Gasteiger partial charge in [0.2, 0.25) is 0 Å². The van der Waals surface area contributed by atoms with E-state index in [-0.39, 0.29) is 22.8 Å². The second kappa shape index (κ2) is 4.89. The predicted octanol–water partition coefficient (Wildman–Crippen LogP) is 2.47. The van der Waals surface area contributed by atoms with Crippen LogP contribution >= 0.6 is 11.6 Å². The molecule has 3 nitrogen and oxygen atoms in total. The molecular formula is C10H8ClFO3. The largest absolute Gasteiger partial charge is 0.462 e. The van der Waals surface area contributed by atoms with Crippen molar-refractivity contribution < 1.29 is 18.7 Å². The summed E-state index contributed by atoms with van der Waals surface area (Å²) in [6.07, 6.45) is 0.417. The zero-order valence-electron chi connectivity index (χ0n) is 7.92. The smallest absolute Gasteiger partial charge is 0.341 e. The maximum atomic E-state index is 13.3. The van der Waals surface area contributed by atoms with Crippen molar-refractivity contribution in [2.24, 2.45) is 0 Å². The van der Waals surface area contributed by atoms with E-state index in [1.54, 1.807) is 6.92 Å². The normalized spacial score (nSPS) is 9.80. The van der Waals surface area contributed by atoms with Gasteiger partial charge in [-0.3, -0.25) is 4.79 Å². The van der Waals surface area contributed by atoms with Crippen LogP contribution in [-0.2, 0) is 4.74 Å². The second-order valence-corrected chi connectivity index (χ2v) is 3.10. The van der Waals surface area contributed by atoms with Crippen molar-refractivity contribution in [3.63, 3.8) is 0 Å². The van der Waals surface area contributed by atoms with Gasteiger partial charge in [0.15, 0.2) is 6.29 Å². The molecule has 0 heterocycles. The Labute approximate surface area is 90.8 Å². The second-order valence-electron chi connectivity index (χ2n) is 2.69. The number of aldehydes is 1. The first-order valence-electron chi connectivity index (χ1n) is 4.21. The van der Waals surface area contributed by atoms with Crippen LogP contribution in [0, 0.1) is 5.82 Å². The van der Waals surface area contributed by atoms with Gasteiger partial charge < -0.3 is 4.74 Å². The molecule has 1 aromatic rings. The van der Waals surface area contributed by atoms with Gasteiger partial charge in [-0.2, -0.15) is 0 Å². The van der Waals surface area contributed by atoms with E-state index >= 15 is 0 Å². The monoisotopic (exact) mass is 230 g/mol. The lowest BCUT2D eigenvalue weighted by Gasteiger charge is -2.04. The molecule has 0 amide bonds. The number of halogens is 2. The van der Waals surface area contributed by atoms with E-state index in [0.29, 0.717) is 6.29 Å². The number of esters is 1. The number of rotatable bonds is 3. The molecule has 0 fully saturated rings. The van der Waals surface area contributed by atoms with Crippen molar-refractivity contribution in [3.8, 4) is 0 Å². The van der Waals surface area contributed by atoms with Gasteiger partial charge in [0.05, 0.1) is 17.2 Å². The van der Waals surface area contributed by atoms with Crippen molar-refractivity contribution in [2.45, 2.75) is 6.92 Å². The molecule has 0 bridgehead atoms. The number of hydrogen-bond donors (Lipinski definition) is 0. The molecule has 1 aromatic carbocycles. The van der Waals surface area contributed by atoms with Crippen molar-refractivity contribution in [1.82, 2.24) is 0 Å². The molecule has 15 heavy (non-hydrogen) atoms. The van der Waals surface area contributed by atoms with Gasteiger partial charge in [0.25, 0.3) is 0 Å². The number of carbonyl (C=O) groups is 2. The molecule has 0 atom stereocenters. The molecule has 0 aliphatic rings. The highest BCUT2D eigenvalue weighted by Gasteiger charge is 2.15. The maximum absolute atomic E-state index is 13.3. The molecule has 0 aromatic heterocycles. The Morgan fingerprint density at radius 2 is 2.27 bits per heavy atom. The highest BCUT2D eigenvalue weighted by Crippen LogP contribution is 2.20. The number of ether oxygens (including phenoxy) is 1. The summed E-state index contributed by atoms with van der Waals surface area (Å²) in [4.78, 5) is 21.6. The SMILES string of the molecule is CCOC(=O)c1cc(Cl)c(C=O)cc1F. The predicted molar refractivity (Wildman–Crippen MR) is 52.8 cm³/mol. The molecule has 0 spiro atoms. The van der Waals surface area contributed by atoms with E-state index in [0.717, 1.165) is 12.1 Å². The van der Waals surface area contributed by atoms with Crippen LogP contribution in [0.25, 0.3) is 0 Å². The highest BCUT2D eigenvalue weighted by molar-refractivity contribution is 6.33. The van der Waals surface area contributed by atoms with E-state index in [9.17, 15) is 14.0 Å².